The highest BCUT2D eigenvalue weighted by Gasteiger charge is 2.21. The van der Waals surface area contributed by atoms with Crippen molar-refractivity contribution in [2.45, 2.75) is 33.2 Å². The number of nitrogens with one attached hydrogen (secondary N) is 1. The first kappa shape index (κ1) is 13.7. The molecule has 0 aliphatic rings. The van der Waals surface area contributed by atoms with E-state index in [0.717, 1.165) is 30.2 Å². The van der Waals surface area contributed by atoms with Crippen LogP contribution in [0, 0.1) is 6.92 Å². The monoisotopic (exact) mass is 259 g/mol. The van der Waals surface area contributed by atoms with Crippen molar-refractivity contribution >= 4 is 0 Å². The minimum atomic E-state index is 0.0640. The number of aryl methyl sites for hydroxylation is 3. The van der Waals surface area contributed by atoms with E-state index in [2.05, 4.69) is 40.4 Å². The van der Waals surface area contributed by atoms with Gasteiger partial charge in [-0.3, -0.25) is 0 Å². The first-order chi connectivity index (χ1) is 9.17. The topological polar surface area (TPSA) is 55.6 Å². The fourth-order valence-corrected chi connectivity index (χ4v) is 2.26. The molecule has 0 bridgehead atoms. The minimum Gasteiger partial charge on any atom is -0.336 e. The summed E-state index contributed by atoms with van der Waals surface area (Å²) in [6.45, 7) is 7.05. The van der Waals surface area contributed by atoms with Crippen molar-refractivity contribution in [1.82, 2.24) is 25.1 Å². The summed E-state index contributed by atoms with van der Waals surface area (Å²) in [5.41, 5.74) is 3.13. The molecule has 2 aromatic heterocycles. The Balaban J connectivity index is 2.50. The van der Waals surface area contributed by atoms with Crippen molar-refractivity contribution in [2.24, 2.45) is 7.05 Å². The van der Waals surface area contributed by atoms with Crippen molar-refractivity contribution in [3.63, 3.8) is 0 Å². The molecule has 0 spiro atoms. The molecular formula is C14H21N5. The Hall–Kier alpha value is -1.75. The average molecular weight is 259 g/mol. The minimum absolute atomic E-state index is 0.0640. The third kappa shape index (κ3) is 2.81. The van der Waals surface area contributed by atoms with Gasteiger partial charge in [-0.05, 0) is 26.0 Å². The molecule has 0 aliphatic heterocycles. The molecule has 0 aromatic carbocycles. The van der Waals surface area contributed by atoms with E-state index < -0.39 is 0 Å². The van der Waals surface area contributed by atoms with Gasteiger partial charge in [0.1, 0.15) is 5.82 Å². The van der Waals surface area contributed by atoms with Crippen molar-refractivity contribution in [2.75, 3.05) is 6.54 Å². The van der Waals surface area contributed by atoms with E-state index in [4.69, 9.17) is 0 Å². The van der Waals surface area contributed by atoms with Crippen molar-refractivity contribution in [3.05, 3.63) is 41.2 Å². The lowest BCUT2D eigenvalue weighted by Crippen LogP contribution is -2.26. The van der Waals surface area contributed by atoms with Crippen LogP contribution in [0.2, 0.25) is 0 Å². The van der Waals surface area contributed by atoms with Crippen molar-refractivity contribution < 1.29 is 0 Å². The number of rotatable bonds is 5. The number of hydrogen-bond acceptors (Lipinski definition) is 4. The number of nitrogens with zero attached hydrogens (tertiary/aromatic N) is 4. The Bertz CT molecular complexity index is 547. The van der Waals surface area contributed by atoms with Gasteiger partial charge in [-0.1, -0.05) is 13.8 Å². The van der Waals surface area contributed by atoms with Crippen molar-refractivity contribution in [3.8, 4) is 0 Å². The van der Waals surface area contributed by atoms with E-state index in [-0.39, 0.29) is 6.04 Å². The van der Waals surface area contributed by atoms with Crippen molar-refractivity contribution in [1.29, 1.82) is 0 Å². The van der Waals surface area contributed by atoms with Gasteiger partial charge < -0.3 is 9.88 Å². The van der Waals surface area contributed by atoms with Gasteiger partial charge in [0, 0.05) is 25.0 Å². The summed E-state index contributed by atoms with van der Waals surface area (Å²) < 4.78 is 2.04. The maximum absolute atomic E-state index is 4.47. The fourth-order valence-electron chi connectivity index (χ4n) is 2.26. The molecule has 0 fully saturated rings. The second-order valence-corrected chi connectivity index (χ2v) is 4.63. The first-order valence-corrected chi connectivity index (χ1v) is 6.71. The summed E-state index contributed by atoms with van der Waals surface area (Å²) in [4.78, 5) is 4.47. The molecule has 0 saturated heterocycles. The van der Waals surface area contributed by atoms with Crippen LogP contribution in [0.5, 0.6) is 0 Å². The Labute approximate surface area is 114 Å². The van der Waals surface area contributed by atoms with Crippen LogP contribution in [0.25, 0.3) is 0 Å². The van der Waals surface area contributed by atoms with E-state index in [1.54, 1.807) is 0 Å². The molecule has 2 rings (SSSR count). The van der Waals surface area contributed by atoms with Crippen LogP contribution in [0.1, 0.15) is 42.7 Å². The highest BCUT2D eigenvalue weighted by molar-refractivity contribution is 5.30. The lowest BCUT2D eigenvalue weighted by Gasteiger charge is -2.20. The molecule has 5 heteroatoms. The van der Waals surface area contributed by atoms with Crippen LogP contribution >= 0.6 is 0 Å². The lowest BCUT2D eigenvalue weighted by atomic mass is 10.0. The zero-order valence-corrected chi connectivity index (χ0v) is 12.0. The summed E-state index contributed by atoms with van der Waals surface area (Å²) in [7, 11) is 2.01. The van der Waals surface area contributed by atoms with Gasteiger partial charge in [-0.2, -0.15) is 10.2 Å². The predicted molar refractivity (Wildman–Crippen MR) is 74.9 cm³/mol. The molecule has 0 amide bonds. The van der Waals surface area contributed by atoms with Crippen LogP contribution in [0.3, 0.4) is 0 Å². The molecule has 19 heavy (non-hydrogen) atoms. The van der Waals surface area contributed by atoms with E-state index >= 15 is 0 Å². The van der Waals surface area contributed by atoms with Gasteiger partial charge in [-0.15, -0.1) is 0 Å². The normalized spacial score (nSPS) is 12.6. The van der Waals surface area contributed by atoms with Gasteiger partial charge >= 0.3 is 0 Å². The third-order valence-corrected chi connectivity index (χ3v) is 3.20. The third-order valence-electron chi connectivity index (χ3n) is 3.20. The number of hydrogen-bond donors (Lipinski definition) is 1. The van der Waals surface area contributed by atoms with Crippen LogP contribution in [0.4, 0.5) is 0 Å². The highest BCUT2D eigenvalue weighted by Crippen LogP contribution is 2.23. The molecule has 0 saturated carbocycles. The molecule has 2 aromatic rings. The van der Waals surface area contributed by atoms with Gasteiger partial charge in [0.15, 0.2) is 0 Å². The lowest BCUT2D eigenvalue weighted by molar-refractivity contribution is 0.567. The Morgan fingerprint density at radius 2 is 2.11 bits per heavy atom. The molecule has 0 radical (unpaired) electrons. The van der Waals surface area contributed by atoms with Crippen LogP contribution in [-0.2, 0) is 13.5 Å². The quantitative estimate of drug-likeness (QED) is 0.889. The summed E-state index contributed by atoms with van der Waals surface area (Å²) in [6, 6.07) is 2.17. The van der Waals surface area contributed by atoms with E-state index in [1.165, 1.54) is 5.56 Å². The molecule has 1 unspecified atom stereocenters. The van der Waals surface area contributed by atoms with E-state index in [9.17, 15) is 0 Å². The molecule has 1 atom stereocenters. The van der Waals surface area contributed by atoms with Crippen LogP contribution in [-0.4, -0.2) is 26.3 Å². The number of aromatic nitrogens is 4. The largest absolute Gasteiger partial charge is 0.336 e. The fraction of sp³-hybridized carbons (Fsp3) is 0.500. The first-order valence-electron chi connectivity index (χ1n) is 6.71. The number of imidazole rings is 1. The van der Waals surface area contributed by atoms with E-state index in [1.807, 2.05) is 30.9 Å². The summed E-state index contributed by atoms with van der Waals surface area (Å²) in [5.74, 6) is 1.00. The molecular weight excluding hydrogens is 238 g/mol. The second-order valence-electron chi connectivity index (χ2n) is 4.63. The highest BCUT2D eigenvalue weighted by atomic mass is 15.1. The van der Waals surface area contributed by atoms with Gasteiger partial charge in [0.25, 0.3) is 0 Å². The van der Waals surface area contributed by atoms with Crippen LogP contribution < -0.4 is 5.32 Å². The molecule has 5 nitrogen and oxygen atoms in total. The maximum Gasteiger partial charge on any atom is 0.130 e. The molecule has 102 valence electrons. The Morgan fingerprint density at radius 1 is 1.32 bits per heavy atom. The summed E-state index contributed by atoms with van der Waals surface area (Å²) in [6.07, 6.45) is 4.66. The van der Waals surface area contributed by atoms with Gasteiger partial charge in [0.05, 0.1) is 17.4 Å². The predicted octanol–water partition coefficient (Wildman–Crippen LogP) is 1.78. The second kappa shape index (κ2) is 5.93. The SMILES string of the molecule is CCNC(c1cc(C)nnc1CC)c1nccn1C. The zero-order valence-electron chi connectivity index (χ0n) is 12.0. The van der Waals surface area contributed by atoms with Gasteiger partial charge in [-0.25, -0.2) is 4.98 Å². The Kier molecular flexibility index (Phi) is 4.27. The molecule has 1 N–H and O–H groups in total. The average Bonchev–Trinajstić information content (AvgIpc) is 2.82. The van der Waals surface area contributed by atoms with Crippen LogP contribution in [0.15, 0.2) is 18.5 Å². The summed E-state index contributed by atoms with van der Waals surface area (Å²) in [5, 5.41) is 12.0. The standard InChI is InChI=1S/C14H21N5/c1-5-12-11(9-10(3)17-18-12)13(15-6-2)14-16-7-8-19(14)4/h7-9,13,15H,5-6H2,1-4H3. The molecule has 2 heterocycles. The zero-order chi connectivity index (χ0) is 13.8. The molecule has 0 aliphatic carbocycles. The van der Waals surface area contributed by atoms with E-state index in [0.29, 0.717) is 0 Å². The maximum atomic E-state index is 4.47. The summed E-state index contributed by atoms with van der Waals surface area (Å²) >= 11 is 0. The van der Waals surface area contributed by atoms with Gasteiger partial charge in [0.2, 0.25) is 0 Å². The Morgan fingerprint density at radius 3 is 2.68 bits per heavy atom. The smallest absolute Gasteiger partial charge is 0.130 e.